The Kier molecular flexibility index (Phi) is 8.98. The van der Waals surface area contributed by atoms with Gasteiger partial charge in [0.05, 0.1) is 23.1 Å². The summed E-state index contributed by atoms with van der Waals surface area (Å²) in [5.41, 5.74) is 3.98. The lowest BCUT2D eigenvalue weighted by atomic mass is 10.00. The Bertz CT molecular complexity index is 1710. The highest BCUT2D eigenvalue weighted by molar-refractivity contribution is 7.90. The first-order valence-corrected chi connectivity index (χ1v) is 14.7. The zero-order chi connectivity index (χ0) is 29.6. The normalized spacial score (nSPS) is 12.4. The summed E-state index contributed by atoms with van der Waals surface area (Å²) < 4.78 is 42.5. The standard InChI is InChI=1S/C30H30FN5O4S/c1-4-40-27-17-25(41(3,38)39)14-15-26(27)35-30(32)36-28-16-9-22(18-33-28)21-7-12-24(13-8-21)34-29(37)19(2)20-5-10-23(31)11-6-20/h5-19H,4H2,1-3H3,(H,34,37)(H3,32,33,35,36). The van der Waals surface area contributed by atoms with E-state index in [1.807, 2.05) is 18.2 Å². The summed E-state index contributed by atoms with van der Waals surface area (Å²) in [7, 11) is -3.41. The number of carbonyl (C=O) groups is 1. The summed E-state index contributed by atoms with van der Waals surface area (Å²) in [4.78, 5) is 20.0. The first-order valence-electron chi connectivity index (χ1n) is 12.8. The second kappa shape index (κ2) is 12.6. The minimum Gasteiger partial charge on any atom is -0.492 e. The van der Waals surface area contributed by atoms with E-state index < -0.39 is 15.8 Å². The number of pyridine rings is 1. The molecule has 11 heteroatoms. The predicted octanol–water partition coefficient (Wildman–Crippen LogP) is 5.31. The molecule has 1 amide bonds. The summed E-state index contributed by atoms with van der Waals surface area (Å²) in [6.45, 7) is 3.87. The van der Waals surface area contributed by atoms with E-state index in [-0.39, 0.29) is 22.6 Å². The second-order valence-corrected chi connectivity index (χ2v) is 11.3. The van der Waals surface area contributed by atoms with Crippen LogP contribution < -0.4 is 20.9 Å². The molecule has 0 aliphatic rings. The van der Waals surface area contributed by atoms with E-state index in [1.54, 1.807) is 50.4 Å². The molecule has 1 unspecified atom stereocenters. The van der Waals surface area contributed by atoms with Crippen molar-refractivity contribution in [2.75, 3.05) is 23.5 Å². The molecule has 0 aliphatic carbocycles. The quantitative estimate of drug-likeness (QED) is 0.167. The lowest BCUT2D eigenvalue weighted by Crippen LogP contribution is -2.18. The number of ether oxygens (including phenoxy) is 1. The number of aromatic nitrogens is 1. The van der Waals surface area contributed by atoms with Gasteiger partial charge in [-0.25, -0.2) is 12.8 Å². The van der Waals surface area contributed by atoms with Crippen LogP contribution in [0.25, 0.3) is 11.1 Å². The van der Waals surface area contributed by atoms with Crippen molar-refractivity contribution in [3.05, 3.63) is 102 Å². The third kappa shape index (κ3) is 7.67. The molecule has 4 N–H and O–H groups in total. The highest BCUT2D eigenvalue weighted by Gasteiger charge is 2.16. The van der Waals surface area contributed by atoms with Gasteiger partial charge in [-0.1, -0.05) is 24.3 Å². The van der Waals surface area contributed by atoms with Crippen LogP contribution >= 0.6 is 0 Å². The number of anilines is 2. The Morgan fingerprint density at radius 3 is 2.29 bits per heavy atom. The number of nitrogens with one attached hydrogen (secondary N) is 4. The number of aromatic amines is 1. The van der Waals surface area contributed by atoms with Crippen LogP contribution in [0.3, 0.4) is 0 Å². The third-order valence-corrected chi connectivity index (χ3v) is 7.32. The minimum absolute atomic E-state index is 0.119. The van der Waals surface area contributed by atoms with Gasteiger partial charge in [0.1, 0.15) is 17.1 Å². The van der Waals surface area contributed by atoms with Gasteiger partial charge in [-0.2, -0.15) is 4.99 Å². The van der Waals surface area contributed by atoms with Gasteiger partial charge in [-0.15, -0.1) is 0 Å². The molecule has 3 aromatic carbocycles. The van der Waals surface area contributed by atoms with E-state index >= 15 is 0 Å². The summed E-state index contributed by atoms with van der Waals surface area (Å²) in [6, 6.07) is 21.2. The topological polar surface area (TPSA) is 136 Å². The van der Waals surface area contributed by atoms with Gasteiger partial charge in [0.25, 0.3) is 0 Å². The summed E-state index contributed by atoms with van der Waals surface area (Å²) in [5.74, 6) is -0.844. The van der Waals surface area contributed by atoms with E-state index in [9.17, 15) is 17.6 Å². The maximum absolute atomic E-state index is 13.2. The van der Waals surface area contributed by atoms with E-state index in [0.29, 0.717) is 29.2 Å². The molecular formula is C30H30FN5O4S. The van der Waals surface area contributed by atoms with Crippen LogP contribution in [0.5, 0.6) is 5.75 Å². The number of rotatable bonds is 8. The highest BCUT2D eigenvalue weighted by atomic mass is 32.2. The molecule has 212 valence electrons. The smallest absolute Gasteiger partial charge is 0.231 e. The molecule has 0 spiro atoms. The van der Waals surface area contributed by atoms with Gasteiger partial charge >= 0.3 is 0 Å². The maximum atomic E-state index is 13.2. The maximum Gasteiger partial charge on any atom is 0.231 e. The van der Waals surface area contributed by atoms with Crippen LogP contribution in [0.2, 0.25) is 0 Å². The number of H-pyrrole nitrogens is 1. The van der Waals surface area contributed by atoms with Gasteiger partial charge in [0, 0.05) is 24.2 Å². The summed E-state index contributed by atoms with van der Waals surface area (Å²) >= 11 is 0. The van der Waals surface area contributed by atoms with E-state index in [1.165, 1.54) is 30.3 Å². The number of hydrogen-bond donors (Lipinski definition) is 4. The Hall–Kier alpha value is -4.77. The van der Waals surface area contributed by atoms with Gasteiger partial charge in [-0.05, 0) is 79.1 Å². The van der Waals surface area contributed by atoms with E-state index in [4.69, 9.17) is 10.1 Å². The SMILES string of the molecule is CCOc1cc(S(C)(=O)=O)ccc1NC(=N)/N=c1/ccc(-c2ccc(NC(=O)C(C)c3ccc(F)cc3)cc2)c[nH]1. The van der Waals surface area contributed by atoms with E-state index in [0.717, 1.165) is 22.9 Å². The van der Waals surface area contributed by atoms with Crippen molar-refractivity contribution in [1.82, 2.24) is 4.98 Å². The fourth-order valence-corrected chi connectivity index (χ4v) is 4.59. The molecule has 9 nitrogen and oxygen atoms in total. The van der Waals surface area contributed by atoms with Gasteiger partial charge in [0.15, 0.2) is 9.84 Å². The molecule has 41 heavy (non-hydrogen) atoms. The van der Waals surface area contributed by atoms with Crippen LogP contribution in [-0.2, 0) is 14.6 Å². The lowest BCUT2D eigenvalue weighted by molar-refractivity contribution is -0.117. The van der Waals surface area contributed by atoms with Gasteiger partial charge in [0.2, 0.25) is 11.9 Å². The molecule has 4 rings (SSSR count). The minimum atomic E-state index is -3.41. The number of guanidine groups is 1. The van der Waals surface area contributed by atoms with Crippen molar-refractivity contribution in [2.45, 2.75) is 24.7 Å². The van der Waals surface area contributed by atoms with Crippen molar-refractivity contribution >= 4 is 33.1 Å². The van der Waals surface area contributed by atoms with Crippen LogP contribution in [-0.4, -0.2) is 38.1 Å². The van der Waals surface area contributed by atoms with Crippen molar-refractivity contribution in [2.24, 2.45) is 4.99 Å². The monoisotopic (exact) mass is 575 g/mol. The molecule has 0 saturated carbocycles. The first kappa shape index (κ1) is 29.2. The zero-order valence-electron chi connectivity index (χ0n) is 22.7. The van der Waals surface area contributed by atoms with Crippen LogP contribution in [0.15, 0.2) is 94.9 Å². The fourth-order valence-electron chi connectivity index (χ4n) is 3.95. The fraction of sp³-hybridized carbons (Fsp3) is 0.167. The number of benzene rings is 3. The number of sulfone groups is 1. The van der Waals surface area contributed by atoms with Gasteiger partial charge < -0.3 is 20.4 Å². The molecule has 0 bridgehead atoms. The summed E-state index contributed by atoms with van der Waals surface area (Å²) in [6.07, 6.45) is 2.87. The molecular weight excluding hydrogens is 545 g/mol. The van der Waals surface area contributed by atoms with Crippen molar-refractivity contribution in [3.63, 3.8) is 0 Å². The second-order valence-electron chi connectivity index (χ2n) is 9.25. The highest BCUT2D eigenvalue weighted by Crippen LogP contribution is 2.28. The molecule has 0 fully saturated rings. The number of carbonyl (C=O) groups excluding carboxylic acids is 1. The van der Waals surface area contributed by atoms with Crippen LogP contribution in [0.4, 0.5) is 15.8 Å². The van der Waals surface area contributed by atoms with Crippen LogP contribution in [0, 0.1) is 11.2 Å². The Morgan fingerprint density at radius 1 is 1.00 bits per heavy atom. The zero-order valence-corrected chi connectivity index (χ0v) is 23.6. The van der Waals surface area contributed by atoms with Gasteiger partial charge in [-0.3, -0.25) is 10.2 Å². The summed E-state index contributed by atoms with van der Waals surface area (Å²) in [5, 5.41) is 14.0. The van der Waals surface area contributed by atoms with Crippen LogP contribution in [0.1, 0.15) is 25.3 Å². The molecule has 1 heterocycles. The Morgan fingerprint density at radius 2 is 1.68 bits per heavy atom. The average Bonchev–Trinajstić information content (AvgIpc) is 2.94. The van der Waals surface area contributed by atoms with Crippen molar-refractivity contribution < 1.29 is 22.3 Å². The molecule has 0 radical (unpaired) electrons. The number of nitrogens with zero attached hydrogens (tertiary/aromatic N) is 1. The third-order valence-electron chi connectivity index (χ3n) is 6.21. The Labute approximate surface area is 237 Å². The Balaban J connectivity index is 1.41. The molecule has 1 atom stereocenters. The molecule has 4 aromatic rings. The van der Waals surface area contributed by atoms with E-state index in [2.05, 4.69) is 20.6 Å². The average molecular weight is 576 g/mol. The predicted molar refractivity (Wildman–Crippen MR) is 157 cm³/mol. The van der Waals surface area contributed by atoms with Crippen molar-refractivity contribution in [1.29, 1.82) is 5.41 Å². The molecule has 0 aliphatic heterocycles. The largest absolute Gasteiger partial charge is 0.492 e. The lowest BCUT2D eigenvalue weighted by Gasteiger charge is -2.13. The number of hydrogen-bond acceptors (Lipinski definition) is 5. The first-order chi connectivity index (χ1) is 19.5. The molecule has 0 saturated heterocycles. The van der Waals surface area contributed by atoms with Crippen molar-refractivity contribution in [3.8, 4) is 16.9 Å². The molecule has 1 aromatic heterocycles. The number of amides is 1. The number of halogens is 1.